The quantitative estimate of drug-likeness (QED) is 0.524. The van der Waals surface area contributed by atoms with Crippen LogP contribution >= 0.6 is 0 Å². The molecular weight excluding hydrogens is 549 g/mol. The predicted molar refractivity (Wildman–Crippen MR) is 118 cm³/mol. The molecular formula is C22H25F7N4O6. The first-order chi connectivity index (χ1) is 18.0. The number of hydrogen-bond acceptors (Lipinski definition) is 8. The minimum atomic E-state index is -5.08. The third kappa shape index (κ3) is 10.3. The van der Waals surface area contributed by atoms with Crippen molar-refractivity contribution in [3.63, 3.8) is 0 Å². The number of aliphatic carboxylic acids is 2. The summed E-state index contributed by atoms with van der Waals surface area (Å²) < 4.78 is 88.4. The Bertz CT molecular complexity index is 1060. The summed E-state index contributed by atoms with van der Waals surface area (Å²) in [6.45, 7) is 6.90. The number of carboxylic acids is 2. The van der Waals surface area contributed by atoms with Crippen molar-refractivity contribution in [1.82, 2.24) is 14.9 Å². The van der Waals surface area contributed by atoms with Gasteiger partial charge in [0.25, 0.3) is 0 Å². The zero-order valence-electron chi connectivity index (χ0n) is 20.4. The molecule has 39 heavy (non-hydrogen) atoms. The molecule has 2 aromatic rings. The number of hydrogen-bond donors (Lipinski definition) is 2. The van der Waals surface area contributed by atoms with Crippen LogP contribution < -0.4 is 4.90 Å². The number of nitrogens with zero attached hydrogens (tertiary/aromatic N) is 4. The summed E-state index contributed by atoms with van der Waals surface area (Å²) in [5.41, 5.74) is -0.161. The van der Waals surface area contributed by atoms with Crippen LogP contribution in [0.3, 0.4) is 0 Å². The highest BCUT2D eigenvalue weighted by molar-refractivity contribution is 5.73. The van der Waals surface area contributed by atoms with Crippen LogP contribution in [0.25, 0.3) is 0 Å². The molecule has 2 N–H and O–H groups in total. The summed E-state index contributed by atoms with van der Waals surface area (Å²) in [7, 11) is 0. The molecule has 2 aromatic heterocycles. The van der Waals surface area contributed by atoms with Crippen molar-refractivity contribution in [3.8, 4) is 0 Å². The lowest BCUT2D eigenvalue weighted by molar-refractivity contribution is -0.193. The average molecular weight is 574 g/mol. The highest BCUT2D eigenvalue weighted by atomic mass is 19.4. The van der Waals surface area contributed by atoms with E-state index in [1.165, 1.54) is 12.4 Å². The number of likely N-dealkylation sites (tertiary alicyclic amines) is 1. The fourth-order valence-electron chi connectivity index (χ4n) is 3.70. The normalized spacial score (nSPS) is 17.5. The number of rotatable bonds is 3. The van der Waals surface area contributed by atoms with E-state index in [0.717, 1.165) is 57.1 Å². The number of anilines is 1. The number of alkyl halides is 6. The van der Waals surface area contributed by atoms with Gasteiger partial charge in [0.1, 0.15) is 11.5 Å². The Morgan fingerprint density at radius 3 is 1.92 bits per heavy atom. The van der Waals surface area contributed by atoms with Gasteiger partial charge in [0.05, 0.1) is 37.7 Å². The molecule has 0 unspecified atom stereocenters. The Balaban J connectivity index is 0.000000317. The van der Waals surface area contributed by atoms with E-state index >= 15 is 0 Å². The number of carbonyl (C=O) groups is 2. The number of carboxylic acid groups (broad SMARTS) is 2. The number of furan rings is 1. The molecule has 2 fully saturated rings. The van der Waals surface area contributed by atoms with Crippen molar-refractivity contribution >= 4 is 17.9 Å². The maximum absolute atomic E-state index is 13.0. The van der Waals surface area contributed by atoms with E-state index in [2.05, 4.69) is 19.8 Å². The van der Waals surface area contributed by atoms with E-state index in [1.807, 2.05) is 19.1 Å². The van der Waals surface area contributed by atoms with Crippen molar-refractivity contribution in [2.24, 2.45) is 0 Å². The van der Waals surface area contributed by atoms with Crippen LogP contribution in [-0.4, -0.2) is 87.8 Å². The van der Waals surface area contributed by atoms with Gasteiger partial charge in [-0.3, -0.25) is 4.90 Å². The molecule has 4 rings (SSSR count). The van der Waals surface area contributed by atoms with Crippen molar-refractivity contribution in [3.05, 3.63) is 41.9 Å². The average Bonchev–Trinajstić information content (AvgIpc) is 3.25. The van der Waals surface area contributed by atoms with E-state index in [-0.39, 0.29) is 5.60 Å². The van der Waals surface area contributed by atoms with Gasteiger partial charge in [0.2, 0.25) is 5.95 Å². The van der Waals surface area contributed by atoms with Crippen LogP contribution in [0, 0.1) is 12.7 Å². The smallest absolute Gasteiger partial charge is 0.475 e. The maximum atomic E-state index is 13.0. The van der Waals surface area contributed by atoms with Crippen molar-refractivity contribution in [2.75, 3.05) is 37.7 Å². The predicted octanol–water partition coefficient (Wildman–Crippen LogP) is 3.66. The van der Waals surface area contributed by atoms with Crippen LogP contribution in [0.15, 0.2) is 28.9 Å². The second-order valence-electron chi connectivity index (χ2n) is 8.55. The molecule has 0 aliphatic carbocycles. The summed E-state index contributed by atoms with van der Waals surface area (Å²) in [6.07, 6.45) is -5.80. The summed E-state index contributed by atoms with van der Waals surface area (Å²) in [5.74, 6) is -3.38. The van der Waals surface area contributed by atoms with E-state index in [4.69, 9.17) is 29.0 Å². The van der Waals surface area contributed by atoms with Crippen molar-refractivity contribution < 1.29 is 59.7 Å². The van der Waals surface area contributed by atoms with Gasteiger partial charge in [-0.25, -0.2) is 23.9 Å². The molecule has 0 saturated carbocycles. The van der Waals surface area contributed by atoms with Gasteiger partial charge in [-0.15, -0.1) is 0 Å². The highest BCUT2D eigenvalue weighted by Crippen LogP contribution is 2.32. The third-order valence-corrected chi connectivity index (χ3v) is 5.57. The lowest BCUT2D eigenvalue weighted by Gasteiger charge is -2.47. The van der Waals surface area contributed by atoms with Gasteiger partial charge < -0.3 is 24.3 Å². The summed E-state index contributed by atoms with van der Waals surface area (Å²) in [4.78, 5) is 30.5. The summed E-state index contributed by atoms with van der Waals surface area (Å²) in [6, 6.07) is 4.05. The Morgan fingerprint density at radius 2 is 1.49 bits per heavy atom. The molecule has 2 aliphatic heterocycles. The van der Waals surface area contributed by atoms with Gasteiger partial charge in [0, 0.05) is 19.6 Å². The van der Waals surface area contributed by atoms with Crippen LogP contribution in [0.1, 0.15) is 24.4 Å². The largest absolute Gasteiger partial charge is 0.490 e. The molecule has 218 valence electrons. The first-order valence-corrected chi connectivity index (χ1v) is 11.2. The molecule has 2 saturated heterocycles. The second-order valence-corrected chi connectivity index (χ2v) is 8.55. The number of halogens is 7. The fraction of sp³-hybridized carbons (Fsp3) is 0.545. The van der Waals surface area contributed by atoms with Gasteiger partial charge in [0.15, 0.2) is 5.82 Å². The second kappa shape index (κ2) is 13.1. The SMILES string of the molecule is Cc1ccc(CN2CCC3(CC2)CN(c2ncc(F)cn2)CCO3)o1.O=C(O)C(F)(F)F.O=C(O)C(F)(F)F. The van der Waals surface area contributed by atoms with Crippen LogP contribution in [0.5, 0.6) is 0 Å². The molecule has 0 bridgehead atoms. The topological polar surface area (TPSA) is 129 Å². The molecule has 10 nitrogen and oxygen atoms in total. The number of aryl methyl sites for hydroxylation is 1. The number of morpholine rings is 1. The zero-order valence-corrected chi connectivity index (χ0v) is 20.4. The van der Waals surface area contributed by atoms with Crippen LogP contribution in [0.4, 0.5) is 36.7 Å². The van der Waals surface area contributed by atoms with Gasteiger partial charge in [-0.2, -0.15) is 26.3 Å². The number of piperidine rings is 1. The summed E-state index contributed by atoms with van der Waals surface area (Å²) in [5, 5.41) is 14.2. The molecule has 0 radical (unpaired) electrons. The molecule has 1 spiro atoms. The highest BCUT2D eigenvalue weighted by Gasteiger charge is 2.41. The van der Waals surface area contributed by atoms with Gasteiger partial charge in [-0.05, 0) is 31.9 Å². The minimum absolute atomic E-state index is 0.161. The maximum Gasteiger partial charge on any atom is 0.490 e. The van der Waals surface area contributed by atoms with Crippen molar-refractivity contribution in [2.45, 2.75) is 44.3 Å². The third-order valence-electron chi connectivity index (χ3n) is 5.57. The Hall–Kier alpha value is -3.47. The van der Waals surface area contributed by atoms with E-state index in [1.54, 1.807) is 0 Å². The number of ether oxygens (including phenoxy) is 1. The van der Waals surface area contributed by atoms with Gasteiger partial charge >= 0.3 is 24.3 Å². The molecule has 17 heteroatoms. The zero-order chi connectivity index (χ0) is 29.4. The first-order valence-electron chi connectivity index (χ1n) is 11.2. The molecule has 4 heterocycles. The van der Waals surface area contributed by atoms with E-state index in [9.17, 15) is 30.7 Å². The van der Waals surface area contributed by atoms with Gasteiger partial charge in [-0.1, -0.05) is 0 Å². The molecule has 2 aliphatic rings. The monoisotopic (exact) mass is 574 g/mol. The fourth-order valence-corrected chi connectivity index (χ4v) is 3.70. The Morgan fingerprint density at radius 1 is 0.974 bits per heavy atom. The van der Waals surface area contributed by atoms with Crippen LogP contribution in [-0.2, 0) is 20.9 Å². The molecule has 0 atom stereocenters. The Kier molecular flexibility index (Phi) is 10.6. The first kappa shape index (κ1) is 31.7. The lowest BCUT2D eigenvalue weighted by atomic mass is 9.89. The van der Waals surface area contributed by atoms with Crippen molar-refractivity contribution in [1.29, 1.82) is 0 Å². The van der Waals surface area contributed by atoms with E-state index < -0.39 is 30.1 Å². The Labute approximate surface area is 217 Å². The summed E-state index contributed by atoms with van der Waals surface area (Å²) >= 11 is 0. The molecule has 0 amide bonds. The molecule has 0 aromatic carbocycles. The minimum Gasteiger partial charge on any atom is -0.475 e. The van der Waals surface area contributed by atoms with Crippen LogP contribution in [0.2, 0.25) is 0 Å². The standard InChI is InChI=1S/C18H23FN4O2.2C2HF3O2/c1-14-2-3-16(25-14)12-22-6-4-18(5-7-22)13-23(8-9-24-18)17-20-10-15(19)11-21-17;2*3-2(4,5)1(6)7/h2-3,10-11H,4-9,12-13H2,1H3;2*(H,6,7). The number of aromatic nitrogens is 2. The van der Waals surface area contributed by atoms with E-state index in [0.29, 0.717) is 12.6 Å². The lowest BCUT2D eigenvalue weighted by Crippen LogP contribution is -2.57.